The Bertz CT molecular complexity index is 656. The highest BCUT2D eigenvalue weighted by molar-refractivity contribution is 6.24. The van der Waals surface area contributed by atoms with E-state index in [-0.39, 0.29) is 0 Å². The van der Waals surface area contributed by atoms with Gasteiger partial charge in [-0.3, -0.25) is 9.79 Å². The van der Waals surface area contributed by atoms with Gasteiger partial charge >= 0.3 is 5.97 Å². The molecule has 3 heteroatoms. The second kappa shape index (κ2) is 4.93. The normalized spacial score (nSPS) is 13.6. The first-order valence-corrected chi connectivity index (χ1v) is 6.65. The van der Waals surface area contributed by atoms with E-state index in [1.54, 1.807) is 6.92 Å². The topological polar surface area (TPSA) is 49.7 Å². The number of hydrogen-bond donors (Lipinski definition) is 1. The van der Waals surface area contributed by atoms with Gasteiger partial charge in [0.05, 0.1) is 18.2 Å². The van der Waals surface area contributed by atoms with Crippen LogP contribution < -0.4 is 0 Å². The third-order valence-corrected chi connectivity index (χ3v) is 3.60. The molecule has 100 valence electrons. The van der Waals surface area contributed by atoms with Gasteiger partial charge in [0.1, 0.15) is 0 Å². The van der Waals surface area contributed by atoms with E-state index in [1.165, 1.54) is 11.1 Å². The minimum Gasteiger partial charge on any atom is -0.481 e. The number of benzene rings is 2. The van der Waals surface area contributed by atoms with Crippen molar-refractivity contribution in [2.24, 2.45) is 10.9 Å². The van der Waals surface area contributed by atoms with Gasteiger partial charge in [-0.2, -0.15) is 0 Å². The summed E-state index contributed by atoms with van der Waals surface area (Å²) in [5, 5.41) is 8.98. The van der Waals surface area contributed by atoms with Gasteiger partial charge in [0.15, 0.2) is 0 Å². The Morgan fingerprint density at radius 2 is 1.45 bits per heavy atom. The smallest absolute Gasteiger partial charge is 0.308 e. The summed E-state index contributed by atoms with van der Waals surface area (Å²) < 4.78 is 0. The first kappa shape index (κ1) is 12.6. The van der Waals surface area contributed by atoms with Gasteiger partial charge in [-0.1, -0.05) is 55.5 Å². The van der Waals surface area contributed by atoms with Crippen LogP contribution in [0.1, 0.15) is 18.1 Å². The highest BCUT2D eigenvalue weighted by Gasteiger charge is 2.24. The van der Waals surface area contributed by atoms with E-state index in [0.29, 0.717) is 6.54 Å². The summed E-state index contributed by atoms with van der Waals surface area (Å²) in [5.74, 6) is -1.28. The van der Waals surface area contributed by atoms with Gasteiger partial charge in [0.2, 0.25) is 0 Å². The molecule has 1 N–H and O–H groups in total. The number of hydrogen-bond acceptors (Lipinski definition) is 2. The molecule has 0 saturated carbocycles. The van der Waals surface area contributed by atoms with Crippen molar-refractivity contribution in [2.45, 2.75) is 6.92 Å². The van der Waals surface area contributed by atoms with E-state index in [1.807, 2.05) is 36.4 Å². The Kier molecular flexibility index (Phi) is 3.11. The molecule has 0 bridgehead atoms. The number of fused-ring (bicyclic) bond motifs is 3. The minimum absolute atomic E-state index is 0.299. The summed E-state index contributed by atoms with van der Waals surface area (Å²) in [6.07, 6.45) is 0. The summed E-state index contributed by atoms with van der Waals surface area (Å²) in [6.45, 7) is 1.98. The fourth-order valence-corrected chi connectivity index (χ4v) is 2.47. The summed E-state index contributed by atoms with van der Waals surface area (Å²) >= 11 is 0. The van der Waals surface area contributed by atoms with Crippen LogP contribution in [0.5, 0.6) is 0 Å². The monoisotopic (exact) mass is 265 g/mol. The van der Waals surface area contributed by atoms with Gasteiger partial charge in [0, 0.05) is 11.1 Å². The lowest BCUT2D eigenvalue weighted by atomic mass is 10.1. The third-order valence-electron chi connectivity index (χ3n) is 3.60. The fraction of sp³-hybridized carbons (Fsp3) is 0.176. The van der Waals surface area contributed by atoms with E-state index in [9.17, 15) is 4.79 Å². The molecule has 20 heavy (non-hydrogen) atoms. The lowest BCUT2D eigenvalue weighted by Crippen LogP contribution is -2.14. The maximum atomic E-state index is 10.9. The molecule has 0 radical (unpaired) electrons. The average Bonchev–Trinajstić information content (AvgIpc) is 2.79. The van der Waals surface area contributed by atoms with Gasteiger partial charge < -0.3 is 5.11 Å². The number of carboxylic acid groups (broad SMARTS) is 1. The van der Waals surface area contributed by atoms with Crippen LogP contribution in [0.2, 0.25) is 0 Å². The maximum Gasteiger partial charge on any atom is 0.308 e. The molecular weight excluding hydrogens is 250 g/mol. The first-order chi connectivity index (χ1) is 9.68. The van der Waals surface area contributed by atoms with Crippen molar-refractivity contribution in [2.75, 3.05) is 6.54 Å². The van der Waals surface area contributed by atoms with Gasteiger partial charge in [-0.25, -0.2) is 0 Å². The lowest BCUT2D eigenvalue weighted by Gasteiger charge is -2.05. The Morgan fingerprint density at radius 3 is 1.90 bits per heavy atom. The SMILES string of the molecule is CC(CN=C1c2ccccc2-c2ccccc21)C(=O)O. The molecule has 0 fully saturated rings. The zero-order chi connectivity index (χ0) is 14.1. The number of carboxylic acids is 1. The molecule has 2 aromatic rings. The molecule has 1 unspecified atom stereocenters. The molecule has 0 aliphatic heterocycles. The average molecular weight is 265 g/mol. The van der Waals surface area contributed by atoms with Crippen LogP contribution in [-0.2, 0) is 4.79 Å². The molecule has 0 amide bonds. The van der Waals surface area contributed by atoms with Crippen molar-refractivity contribution in [3.05, 3.63) is 59.7 Å². The number of nitrogens with zero attached hydrogens (tertiary/aromatic N) is 1. The zero-order valence-corrected chi connectivity index (χ0v) is 11.2. The summed E-state index contributed by atoms with van der Waals surface area (Å²) in [5.41, 5.74) is 5.43. The predicted octanol–water partition coefficient (Wildman–Crippen LogP) is 3.23. The lowest BCUT2D eigenvalue weighted by molar-refractivity contribution is -0.140. The number of carbonyl (C=O) groups is 1. The highest BCUT2D eigenvalue weighted by atomic mass is 16.4. The standard InChI is InChI=1S/C17H15NO2/c1-11(17(19)20)10-18-16-14-8-4-2-6-12(14)13-7-3-5-9-15(13)16/h2-9,11H,10H2,1H3,(H,19,20). The van der Waals surface area contributed by atoms with Crippen molar-refractivity contribution in [3.8, 4) is 11.1 Å². The van der Waals surface area contributed by atoms with Crippen LogP contribution in [-0.4, -0.2) is 23.3 Å². The molecule has 1 aliphatic carbocycles. The summed E-state index contributed by atoms with van der Waals surface area (Å²) in [4.78, 5) is 15.5. The summed E-state index contributed by atoms with van der Waals surface area (Å²) in [6, 6.07) is 16.2. The van der Waals surface area contributed by atoms with Crippen molar-refractivity contribution in [3.63, 3.8) is 0 Å². The van der Waals surface area contributed by atoms with Gasteiger partial charge in [-0.15, -0.1) is 0 Å². The molecule has 0 heterocycles. The minimum atomic E-state index is -0.811. The van der Waals surface area contributed by atoms with Crippen molar-refractivity contribution in [1.82, 2.24) is 0 Å². The zero-order valence-electron chi connectivity index (χ0n) is 11.2. The molecular formula is C17H15NO2. The molecule has 3 nitrogen and oxygen atoms in total. The third kappa shape index (κ3) is 2.01. The second-order valence-corrected chi connectivity index (χ2v) is 5.02. The Labute approximate surface area is 117 Å². The highest BCUT2D eigenvalue weighted by Crippen LogP contribution is 2.36. The molecule has 0 saturated heterocycles. The largest absolute Gasteiger partial charge is 0.481 e. The number of rotatable bonds is 3. The first-order valence-electron chi connectivity index (χ1n) is 6.65. The van der Waals surface area contributed by atoms with Crippen molar-refractivity contribution >= 4 is 11.7 Å². The van der Waals surface area contributed by atoms with E-state index in [2.05, 4.69) is 17.1 Å². The molecule has 2 aromatic carbocycles. The Hall–Kier alpha value is -2.42. The molecule has 1 aliphatic rings. The summed E-state index contributed by atoms with van der Waals surface area (Å²) in [7, 11) is 0. The Morgan fingerprint density at radius 1 is 1.00 bits per heavy atom. The molecule has 1 atom stereocenters. The van der Waals surface area contributed by atoms with E-state index < -0.39 is 11.9 Å². The van der Waals surface area contributed by atoms with Crippen molar-refractivity contribution < 1.29 is 9.90 Å². The van der Waals surface area contributed by atoms with Gasteiger partial charge in [0.25, 0.3) is 0 Å². The maximum absolute atomic E-state index is 10.9. The number of aliphatic carboxylic acids is 1. The van der Waals surface area contributed by atoms with Crippen LogP contribution in [0.15, 0.2) is 53.5 Å². The second-order valence-electron chi connectivity index (χ2n) is 5.02. The van der Waals surface area contributed by atoms with Crippen LogP contribution in [0.4, 0.5) is 0 Å². The van der Waals surface area contributed by atoms with Crippen LogP contribution >= 0.6 is 0 Å². The van der Waals surface area contributed by atoms with Crippen LogP contribution in [0, 0.1) is 5.92 Å². The Balaban J connectivity index is 2.07. The number of aliphatic imine (C=N–C) groups is 1. The van der Waals surface area contributed by atoms with E-state index >= 15 is 0 Å². The van der Waals surface area contributed by atoms with E-state index in [0.717, 1.165) is 16.8 Å². The van der Waals surface area contributed by atoms with Gasteiger partial charge in [-0.05, 0) is 11.1 Å². The van der Waals surface area contributed by atoms with E-state index in [4.69, 9.17) is 5.11 Å². The fourth-order valence-electron chi connectivity index (χ4n) is 2.47. The predicted molar refractivity (Wildman–Crippen MR) is 79.2 cm³/mol. The quantitative estimate of drug-likeness (QED) is 0.790. The molecule has 3 rings (SSSR count). The molecule has 0 spiro atoms. The van der Waals surface area contributed by atoms with Crippen LogP contribution in [0.25, 0.3) is 11.1 Å². The van der Waals surface area contributed by atoms with Crippen molar-refractivity contribution in [1.29, 1.82) is 0 Å². The van der Waals surface area contributed by atoms with Crippen LogP contribution in [0.3, 0.4) is 0 Å². The molecule has 0 aromatic heterocycles.